The number of aryl methyl sites for hydroxylation is 1. The van der Waals surface area contributed by atoms with Crippen LogP contribution < -0.4 is 15.8 Å². The van der Waals surface area contributed by atoms with E-state index in [0.717, 1.165) is 44.1 Å². The summed E-state index contributed by atoms with van der Waals surface area (Å²) in [6, 6.07) is 15.0. The topological polar surface area (TPSA) is 70.5 Å². The van der Waals surface area contributed by atoms with E-state index in [2.05, 4.69) is 27.1 Å². The fourth-order valence-electron chi connectivity index (χ4n) is 3.96. The van der Waals surface area contributed by atoms with Gasteiger partial charge >= 0.3 is 0 Å². The summed E-state index contributed by atoms with van der Waals surface area (Å²) in [5, 5.41) is 8.46. The number of hydrogen-bond acceptors (Lipinski definition) is 5. The summed E-state index contributed by atoms with van der Waals surface area (Å²) in [5.74, 6) is -0.312. The van der Waals surface area contributed by atoms with Gasteiger partial charge in [-0.2, -0.15) is 5.10 Å². The SMILES string of the molecule is CCN1CCN(c2ccccc2NC(=O)c2nn(CC)c(=O)c3ccccc23)CC1. The Labute approximate surface area is 175 Å². The van der Waals surface area contributed by atoms with E-state index in [4.69, 9.17) is 0 Å². The van der Waals surface area contributed by atoms with Crippen molar-refractivity contribution in [1.82, 2.24) is 14.7 Å². The molecule has 1 aliphatic heterocycles. The van der Waals surface area contributed by atoms with Crippen molar-refractivity contribution in [3.05, 3.63) is 64.6 Å². The van der Waals surface area contributed by atoms with Crippen LogP contribution in [0.5, 0.6) is 0 Å². The first-order valence-corrected chi connectivity index (χ1v) is 10.5. The second kappa shape index (κ2) is 8.67. The smallest absolute Gasteiger partial charge is 0.276 e. The van der Waals surface area contributed by atoms with Gasteiger partial charge in [0.05, 0.1) is 16.8 Å². The molecular weight excluding hydrogens is 378 g/mol. The Hall–Kier alpha value is -3.19. The quantitative estimate of drug-likeness (QED) is 0.707. The first-order valence-electron chi connectivity index (χ1n) is 10.5. The average Bonchev–Trinajstić information content (AvgIpc) is 2.80. The number of para-hydroxylation sites is 2. The molecule has 0 spiro atoms. The highest BCUT2D eigenvalue weighted by Gasteiger charge is 2.21. The molecule has 30 heavy (non-hydrogen) atoms. The van der Waals surface area contributed by atoms with Crippen LogP contribution in [-0.2, 0) is 6.54 Å². The second-order valence-electron chi connectivity index (χ2n) is 7.41. The Balaban J connectivity index is 1.66. The molecule has 2 heterocycles. The third-order valence-electron chi connectivity index (χ3n) is 5.69. The standard InChI is InChI=1S/C23H27N5O2/c1-3-26-13-15-27(16-14-26)20-12-8-7-11-19(20)24-22(29)21-17-9-5-6-10-18(17)23(30)28(4-2)25-21/h5-12H,3-4,13-16H2,1-2H3,(H,24,29). The van der Waals surface area contributed by atoms with Crippen LogP contribution in [-0.4, -0.2) is 53.3 Å². The fourth-order valence-corrected chi connectivity index (χ4v) is 3.96. The zero-order chi connectivity index (χ0) is 21.1. The largest absolute Gasteiger partial charge is 0.367 e. The van der Waals surface area contributed by atoms with E-state index in [9.17, 15) is 9.59 Å². The minimum Gasteiger partial charge on any atom is -0.367 e. The number of hydrogen-bond donors (Lipinski definition) is 1. The first kappa shape index (κ1) is 20.1. The number of anilines is 2. The Morgan fingerprint density at radius 3 is 2.30 bits per heavy atom. The molecule has 1 amide bonds. The predicted molar refractivity (Wildman–Crippen MR) is 120 cm³/mol. The molecule has 1 saturated heterocycles. The van der Waals surface area contributed by atoms with Crippen LogP contribution in [0.4, 0.5) is 11.4 Å². The van der Waals surface area contributed by atoms with E-state index in [-0.39, 0.29) is 17.2 Å². The van der Waals surface area contributed by atoms with Crippen LogP contribution in [0.1, 0.15) is 24.3 Å². The minimum atomic E-state index is -0.312. The lowest BCUT2D eigenvalue weighted by Crippen LogP contribution is -2.46. The van der Waals surface area contributed by atoms with Gasteiger partial charge in [0.15, 0.2) is 5.69 Å². The van der Waals surface area contributed by atoms with Gasteiger partial charge in [-0.3, -0.25) is 9.59 Å². The van der Waals surface area contributed by atoms with Crippen LogP contribution in [0, 0.1) is 0 Å². The van der Waals surface area contributed by atoms with Crippen molar-refractivity contribution in [3.63, 3.8) is 0 Å². The lowest BCUT2D eigenvalue weighted by atomic mass is 10.1. The number of fused-ring (bicyclic) bond motifs is 1. The number of carbonyl (C=O) groups is 1. The number of piperazine rings is 1. The van der Waals surface area contributed by atoms with E-state index >= 15 is 0 Å². The molecule has 7 nitrogen and oxygen atoms in total. The van der Waals surface area contributed by atoms with E-state index in [1.54, 1.807) is 18.2 Å². The van der Waals surface area contributed by atoms with Gasteiger partial charge in [-0.05, 0) is 31.7 Å². The lowest BCUT2D eigenvalue weighted by Gasteiger charge is -2.36. The van der Waals surface area contributed by atoms with Crippen molar-refractivity contribution in [2.45, 2.75) is 20.4 Å². The van der Waals surface area contributed by atoms with Crippen molar-refractivity contribution in [2.24, 2.45) is 0 Å². The molecule has 7 heteroatoms. The number of nitrogens with one attached hydrogen (secondary N) is 1. The molecule has 1 aromatic heterocycles. The number of amides is 1. The van der Waals surface area contributed by atoms with Crippen molar-refractivity contribution >= 4 is 28.1 Å². The highest BCUT2D eigenvalue weighted by molar-refractivity contribution is 6.12. The third-order valence-corrected chi connectivity index (χ3v) is 5.69. The van der Waals surface area contributed by atoms with Crippen molar-refractivity contribution in [3.8, 4) is 0 Å². The number of benzene rings is 2. The molecule has 2 aromatic carbocycles. The zero-order valence-corrected chi connectivity index (χ0v) is 17.5. The minimum absolute atomic E-state index is 0.182. The van der Waals surface area contributed by atoms with Gasteiger partial charge in [-0.25, -0.2) is 4.68 Å². The summed E-state index contributed by atoms with van der Waals surface area (Å²) in [6.45, 7) is 9.33. The van der Waals surface area contributed by atoms with Crippen molar-refractivity contribution in [1.29, 1.82) is 0 Å². The van der Waals surface area contributed by atoms with Crippen LogP contribution in [0.25, 0.3) is 10.8 Å². The summed E-state index contributed by atoms with van der Waals surface area (Å²) < 4.78 is 1.34. The molecule has 0 bridgehead atoms. The van der Waals surface area contributed by atoms with Crippen LogP contribution in [0.15, 0.2) is 53.3 Å². The number of likely N-dealkylation sites (N-methyl/N-ethyl adjacent to an activating group) is 1. The summed E-state index contributed by atoms with van der Waals surface area (Å²) in [5.41, 5.74) is 1.85. The molecule has 4 rings (SSSR count). The Kier molecular flexibility index (Phi) is 5.81. The number of carbonyl (C=O) groups excluding carboxylic acids is 1. The summed E-state index contributed by atoms with van der Waals surface area (Å²) in [4.78, 5) is 30.5. The fraction of sp³-hybridized carbons (Fsp3) is 0.348. The predicted octanol–water partition coefficient (Wildman–Crippen LogP) is 2.81. The van der Waals surface area contributed by atoms with Crippen LogP contribution >= 0.6 is 0 Å². The lowest BCUT2D eigenvalue weighted by molar-refractivity contribution is 0.102. The van der Waals surface area contributed by atoms with Crippen molar-refractivity contribution in [2.75, 3.05) is 42.9 Å². The van der Waals surface area contributed by atoms with Gasteiger partial charge in [0, 0.05) is 38.1 Å². The van der Waals surface area contributed by atoms with E-state index < -0.39 is 0 Å². The maximum Gasteiger partial charge on any atom is 0.276 e. The van der Waals surface area contributed by atoms with E-state index in [0.29, 0.717) is 17.3 Å². The molecule has 3 aromatic rings. The molecule has 0 radical (unpaired) electrons. The van der Waals surface area contributed by atoms with E-state index in [1.807, 2.05) is 37.3 Å². The molecule has 1 fully saturated rings. The second-order valence-corrected chi connectivity index (χ2v) is 7.41. The monoisotopic (exact) mass is 405 g/mol. The molecule has 1 aliphatic rings. The molecular formula is C23H27N5O2. The average molecular weight is 406 g/mol. The maximum absolute atomic E-state index is 13.2. The third kappa shape index (κ3) is 3.80. The summed E-state index contributed by atoms with van der Waals surface area (Å²) in [6.07, 6.45) is 0. The Bertz CT molecular complexity index is 1120. The first-order chi connectivity index (χ1) is 14.6. The van der Waals surface area contributed by atoms with Gasteiger partial charge < -0.3 is 15.1 Å². The van der Waals surface area contributed by atoms with Gasteiger partial charge in [0.2, 0.25) is 0 Å². The molecule has 0 atom stereocenters. The highest BCUT2D eigenvalue weighted by Crippen LogP contribution is 2.27. The van der Waals surface area contributed by atoms with Crippen LogP contribution in [0.3, 0.4) is 0 Å². The normalized spacial score (nSPS) is 14.8. The molecule has 1 N–H and O–H groups in total. The Morgan fingerprint density at radius 2 is 1.60 bits per heavy atom. The van der Waals surface area contributed by atoms with E-state index in [1.165, 1.54) is 4.68 Å². The summed E-state index contributed by atoms with van der Waals surface area (Å²) >= 11 is 0. The zero-order valence-electron chi connectivity index (χ0n) is 17.5. The van der Waals surface area contributed by atoms with Gasteiger partial charge in [0.1, 0.15) is 0 Å². The highest BCUT2D eigenvalue weighted by atomic mass is 16.2. The molecule has 0 unspecified atom stereocenters. The van der Waals surface area contributed by atoms with Gasteiger partial charge in [-0.15, -0.1) is 0 Å². The Morgan fingerprint density at radius 1 is 0.933 bits per heavy atom. The number of rotatable bonds is 5. The van der Waals surface area contributed by atoms with Crippen molar-refractivity contribution < 1.29 is 4.79 Å². The molecule has 0 aliphatic carbocycles. The van der Waals surface area contributed by atoms with Gasteiger partial charge in [0.25, 0.3) is 11.5 Å². The summed E-state index contributed by atoms with van der Waals surface area (Å²) in [7, 11) is 0. The molecule has 156 valence electrons. The maximum atomic E-state index is 13.2. The molecule has 0 saturated carbocycles. The number of aromatic nitrogens is 2. The number of nitrogens with zero attached hydrogens (tertiary/aromatic N) is 4. The van der Waals surface area contributed by atoms with Crippen LogP contribution in [0.2, 0.25) is 0 Å². The van der Waals surface area contributed by atoms with Gasteiger partial charge in [-0.1, -0.05) is 37.3 Å².